The number of nitrogens with zero attached hydrogens (tertiary/aromatic N) is 2. The number of methoxy groups -OCH3 is 1. The summed E-state index contributed by atoms with van der Waals surface area (Å²) in [6.07, 6.45) is 2.10. The number of carbonyl (C=O) groups excluding carboxylic acids is 2. The van der Waals surface area contributed by atoms with Crippen molar-refractivity contribution in [1.29, 1.82) is 0 Å². The van der Waals surface area contributed by atoms with Crippen LogP contribution in [0.25, 0.3) is 11.1 Å². The fourth-order valence-electron chi connectivity index (χ4n) is 5.32. The van der Waals surface area contributed by atoms with Crippen molar-refractivity contribution in [3.8, 4) is 16.9 Å². The molecule has 0 unspecified atom stereocenters. The molecule has 0 radical (unpaired) electrons. The highest BCUT2D eigenvalue weighted by Gasteiger charge is 2.40. The van der Waals surface area contributed by atoms with Crippen molar-refractivity contribution in [2.45, 2.75) is 31.8 Å². The molecule has 0 spiro atoms. The van der Waals surface area contributed by atoms with Crippen LogP contribution in [-0.4, -0.2) is 47.9 Å². The largest absolute Gasteiger partial charge is 0.497 e. The highest BCUT2D eigenvalue weighted by Crippen LogP contribution is 2.33. The molecular weight excluding hydrogens is 443 g/mol. The van der Waals surface area contributed by atoms with Gasteiger partial charge >= 0.3 is 0 Å². The predicted molar refractivity (Wildman–Crippen MR) is 132 cm³/mol. The highest BCUT2D eigenvalue weighted by atomic mass is 19.1. The number of benzene rings is 3. The highest BCUT2D eigenvalue weighted by molar-refractivity contribution is 5.95. The second kappa shape index (κ2) is 9.90. The number of amides is 2. The fourth-order valence-corrected chi connectivity index (χ4v) is 5.32. The number of carbonyl (C=O) groups is 2. The maximum Gasteiger partial charge on any atom is 0.253 e. The van der Waals surface area contributed by atoms with Crippen molar-refractivity contribution in [2.24, 2.45) is 5.92 Å². The molecule has 2 aliphatic rings. The molecule has 0 saturated carbocycles. The summed E-state index contributed by atoms with van der Waals surface area (Å²) in [6, 6.07) is 21.8. The third-order valence-electron chi connectivity index (χ3n) is 7.23. The van der Waals surface area contributed by atoms with Gasteiger partial charge in [0.2, 0.25) is 5.91 Å². The van der Waals surface area contributed by atoms with Crippen LogP contribution in [0, 0.1) is 11.7 Å². The number of hydrogen-bond acceptors (Lipinski definition) is 3. The van der Waals surface area contributed by atoms with E-state index in [1.807, 2.05) is 64.4 Å². The molecule has 3 aromatic carbocycles. The SMILES string of the molecule is COc1ccc(CN2C(=O)CC[C@@H]3CN(C(=O)c4ccc(-c5cccc(F)c5)cc4)CC[C@@H]32)cc1. The van der Waals surface area contributed by atoms with Crippen molar-refractivity contribution in [3.05, 3.63) is 89.7 Å². The molecule has 5 rings (SSSR count). The smallest absolute Gasteiger partial charge is 0.253 e. The minimum absolute atomic E-state index is 0.00727. The van der Waals surface area contributed by atoms with E-state index >= 15 is 0 Å². The number of halogens is 1. The summed E-state index contributed by atoms with van der Waals surface area (Å²) in [4.78, 5) is 29.9. The van der Waals surface area contributed by atoms with Gasteiger partial charge in [-0.25, -0.2) is 4.39 Å². The van der Waals surface area contributed by atoms with Crippen molar-refractivity contribution >= 4 is 11.8 Å². The van der Waals surface area contributed by atoms with Crippen LogP contribution >= 0.6 is 0 Å². The first-order valence-corrected chi connectivity index (χ1v) is 12.1. The summed E-state index contributed by atoms with van der Waals surface area (Å²) < 4.78 is 18.8. The summed E-state index contributed by atoms with van der Waals surface area (Å²) in [5.41, 5.74) is 3.37. The zero-order valence-corrected chi connectivity index (χ0v) is 19.8. The predicted octanol–water partition coefficient (Wildman–Crippen LogP) is 5.15. The minimum atomic E-state index is -0.280. The Kier molecular flexibility index (Phi) is 6.53. The molecule has 2 aliphatic heterocycles. The Hall–Kier alpha value is -3.67. The Morgan fingerprint density at radius 2 is 1.77 bits per heavy atom. The Morgan fingerprint density at radius 1 is 1.00 bits per heavy atom. The van der Waals surface area contributed by atoms with Gasteiger partial charge in [0, 0.05) is 37.7 Å². The van der Waals surface area contributed by atoms with E-state index in [2.05, 4.69) is 0 Å². The second-order valence-corrected chi connectivity index (χ2v) is 9.36. The minimum Gasteiger partial charge on any atom is -0.497 e. The summed E-state index contributed by atoms with van der Waals surface area (Å²) >= 11 is 0. The molecule has 0 aromatic heterocycles. The maximum atomic E-state index is 13.6. The zero-order chi connectivity index (χ0) is 24.4. The first-order valence-electron chi connectivity index (χ1n) is 12.1. The van der Waals surface area contributed by atoms with Crippen LogP contribution in [0.1, 0.15) is 35.2 Å². The third-order valence-corrected chi connectivity index (χ3v) is 7.23. The molecule has 2 fully saturated rings. The molecule has 2 atom stereocenters. The molecule has 180 valence electrons. The zero-order valence-electron chi connectivity index (χ0n) is 19.8. The van der Waals surface area contributed by atoms with Gasteiger partial charge in [0.1, 0.15) is 11.6 Å². The van der Waals surface area contributed by atoms with Gasteiger partial charge in [0.15, 0.2) is 0 Å². The van der Waals surface area contributed by atoms with Gasteiger partial charge in [-0.15, -0.1) is 0 Å². The van der Waals surface area contributed by atoms with E-state index in [9.17, 15) is 14.0 Å². The maximum absolute atomic E-state index is 13.6. The Morgan fingerprint density at radius 3 is 2.49 bits per heavy atom. The topological polar surface area (TPSA) is 49.9 Å². The van der Waals surface area contributed by atoms with E-state index in [1.165, 1.54) is 12.1 Å². The summed E-state index contributed by atoms with van der Waals surface area (Å²) in [6.45, 7) is 1.86. The van der Waals surface area contributed by atoms with Gasteiger partial charge in [-0.05, 0) is 71.8 Å². The van der Waals surface area contributed by atoms with Crippen LogP contribution in [-0.2, 0) is 11.3 Å². The Labute approximate surface area is 205 Å². The second-order valence-electron chi connectivity index (χ2n) is 9.36. The van der Waals surface area contributed by atoms with Gasteiger partial charge in [0.25, 0.3) is 5.91 Å². The molecule has 0 bridgehead atoms. The van der Waals surface area contributed by atoms with Crippen molar-refractivity contribution in [2.75, 3.05) is 20.2 Å². The van der Waals surface area contributed by atoms with E-state index in [0.717, 1.165) is 35.3 Å². The number of fused-ring (bicyclic) bond motifs is 1. The molecule has 0 N–H and O–H groups in total. The molecule has 5 nitrogen and oxygen atoms in total. The number of rotatable bonds is 5. The molecule has 2 saturated heterocycles. The first kappa shape index (κ1) is 23.1. The van der Waals surface area contributed by atoms with E-state index in [4.69, 9.17) is 4.74 Å². The van der Waals surface area contributed by atoms with E-state index < -0.39 is 0 Å². The third kappa shape index (κ3) is 4.92. The van der Waals surface area contributed by atoms with Crippen LogP contribution in [0.15, 0.2) is 72.8 Å². The molecule has 0 aliphatic carbocycles. The molecule has 35 heavy (non-hydrogen) atoms. The Balaban J connectivity index is 1.25. The first-order chi connectivity index (χ1) is 17.0. The van der Waals surface area contributed by atoms with Crippen molar-refractivity contribution in [3.63, 3.8) is 0 Å². The quantitative estimate of drug-likeness (QED) is 0.516. The summed E-state index contributed by atoms with van der Waals surface area (Å²) in [5.74, 6) is 0.989. The molecule has 2 heterocycles. The van der Waals surface area contributed by atoms with Crippen LogP contribution in [0.3, 0.4) is 0 Å². The number of hydrogen-bond donors (Lipinski definition) is 0. The van der Waals surface area contributed by atoms with Crippen molar-refractivity contribution < 1.29 is 18.7 Å². The van der Waals surface area contributed by atoms with Gasteiger partial charge in [-0.3, -0.25) is 9.59 Å². The van der Waals surface area contributed by atoms with Crippen molar-refractivity contribution in [1.82, 2.24) is 9.80 Å². The average Bonchev–Trinajstić information content (AvgIpc) is 2.90. The summed E-state index contributed by atoms with van der Waals surface area (Å²) in [5, 5.41) is 0. The average molecular weight is 473 g/mol. The van der Waals surface area contributed by atoms with E-state index in [1.54, 1.807) is 13.2 Å². The van der Waals surface area contributed by atoms with E-state index in [-0.39, 0.29) is 29.6 Å². The van der Waals surface area contributed by atoms with Gasteiger partial charge in [0.05, 0.1) is 7.11 Å². The standard InChI is InChI=1S/C29H29FN2O3/c1-35-26-12-5-20(6-13-26)18-32-27-15-16-31(19-24(27)11-14-28(32)33)29(34)22-9-7-21(8-10-22)23-3-2-4-25(30)17-23/h2-10,12-13,17,24,27H,11,14-16,18-19H2,1H3/t24-,27+/m1/s1. The van der Waals surface area contributed by atoms with Gasteiger partial charge in [-0.1, -0.05) is 36.4 Å². The lowest BCUT2D eigenvalue weighted by molar-refractivity contribution is -0.141. The van der Waals surface area contributed by atoms with Gasteiger partial charge < -0.3 is 14.5 Å². The number of ether oxygens (including phenoxy) is 1. The van der Waals surface area contributed by atoms with Crippen LogP contribution in [0.5, 0.6) is 5.75 Å². The van der Waals surface area contributed by atoms with Crippen LogP contribution in [0.4, 0.5) is 4.39 Å². The Bertz CT molecular complexity index is 1210. The van der Waals surface area contributed by atoms with Gasteiger partial charge in [-0.2, -0.15) is 0 Å². The number of piperidine rings is 2. The molecule has 3 aromatic rings. The van der Waals surface area contributed by atoms with E-state index in [0.29, 0.717) is 31.6 Å². The summed E-state index contributed by atoms with van der Waals surface area (Å²) in [7, 11) is 1.64. The molecule has 6 heteroatoms. The van der Waals surface area contributed by atoms with Crippen LogP contribution < -0.4 is 4.74 Å². The molecular formula is C29H29FN2O3. The monoisotopic (exact) mass is 472 g/mol. The van der Waals surface area contributed by atoms with Crippen LogP contribution in [0.2, 0.25) is 0 Å². The lowest BCUT2D eigenvalue weighted by Gasteiger charge is -2.47. The lowest BCUT2D eigenvalue weighted by Crippen LogP contribution is -2.56. The molecule has 2 amide bonds. The lowest BCUT2D eigenvalue weighted by atomic mass is 9.83. The fraction of sp³-hybridized carbons (Fsp3) is 0.310. The normalized spacial score (nSPS) is 19.9. The number of likely N-dealkylation sites (tertiary alicyclic amines) is 2.